The van der Waals surface area contributed by atoms with E-state index in [0.29, 0.717) is 28.5 Å². The number of benzene rings is 1. The normalized spacial score (nSPS) is 11.0. The van der Waals surface area contributed by atoms with E-state index in [1.165, 1.54) is 0 Å². The number of hydrogen-bond donors (Lipinski definition) is 1. The Hall–Kier alpha value is -2.23. The third-order valence-corrected chi connectivity index (χ3v) is 5.98. The van der Waals surface area contributed by atoms with Crippen LogP contribution in [0.1, 0.15) is 10.4 Å². The zero-order valence-electron chi connectivity index (χ0n) is 14.9. The summed E-state index contributed by atoms with van der Waals surface area (Å²) in [7, 11) is 0. The number of nitrogens with one attached hydrogen (secondary N) is 1. The van der Waals surface area contributed by atoms with Crippen LogP contribution in [0.25, 0.3) is 16.2 Å². The lowest BCUT2D eigenvalue weighted by Crippen LogP contribution is -2.14. The van der Waals surface area contributed by atoms with Gasteiger partial charge in [-0.05, 0) is 73.6 Å². The molecule has 0 unspecified atom stereocenters. The fraction of sp³-hybridized carbons (Fsp3) is 0.100. The maximum Gasteiger partial charge on any atom is 0.256 e. The van der Waals surface area contributed by atoms with E-state index in [4.69, 9.17) is 9.72 Å². The molecule has 0 aliphatic rings. The van der Waals surface area contributed by atoms with Gasteiger partial charge in [-0.3, -0.25) is 9.20 Å². The summed E-state index contributed by atoms with van der Waals surface area (Å²) in [5.74, 6) is 0.811. The first kappa shape index (κ1) is 20.1. The molecule has 0 aliphatic heterocycles. The highest BCUT2D eigenvalue weighted by molar-refractivity contribution is 9.11. The highest BCUT2D eigenvalue weighted by Crippen LogP contribution is 2.35. The van der Waals surface area contributed by atoms with Crippen LogP contribution in [0.15, 0.2) is 63.0 Å². The van der Waals surface area contributed by atoms with E-state index in [1.54, 1.807) is 35.6 Å². The van der Waals surface area contributed by atoms with Gasteiger partial charge in [-0.25, -0.2) is 9.37 Å². The number of fused-ring (bicyclic) bond motifs is 1. The van der Waals surface area contributed by atoms with Crippen LogP contribution in [0.2, 0.25) is 0 Å². The fourth-order valence-electron chi connectivity index (χ4n) is 2.82. The van der Waals surface area contributed by atoms with Crippen molar-refractivity contribution >= 4 is 60.6 Å². The molecule has 0 radical (unpaired) electrons. The summed E-state index contributed by atoms with van der Waals surface area (Å²) in [5, 5.41) is 4.95. The highest BCUT2D eigenvalue weighted by atomic mass is 79.9. The van der Waals surface area contributed by atoms with Gasteiger partial charge >= 0.3 is 0 Å². The molecule has 0 aliphatic carbocycles. The zero-order valence-corrected chi connectivity index (χ0v) is 18.9. The first-order valence-electron chi connectivity index (χ1n) is 8.58. The third-order valence-electron chi connectivity index (χ3n) is 4.09. The van der Waals surface area contributed by atoms with Crippen LogP contribution >= 0.6 is 43.2 Å². The summed E-state index contributed by atoms with van der Waals surface area (Å²) in [6, 6.07) is 12.4. The number of aromatic nitrogens is 2. The second kappa shape index (κ2) is 8.64. The average molecular weight is 539 g/mol. The Morgan fingerprint density at radius 1 is 1.24 bits per heavy atom. The van der Waals surface area contributed by atoms with Crippen molar-refractivity contribution in [2.24, 2.45) is 0 Å². The summed E-state index contributed by atoms with van der Waals surface area (Å²) in [5.41, 5.74) is 1.84. The quantitative estimate of drug-likeness (QED) is 0.318. The largest absolute Gasteiger partial charge is 0.491 e. The number of amides is 1. The van der Waals surface area contributed by atoms with Gasteiger partial charge in [0.05, 0.1) is 9.35 Å². The number of halogens is 3. The third kappa shape index (κ3) is 4.22. The summed E-state index contributed by atoms with van der Waals surface area (Å²) < 4.78 is 20.9. The van der Waals surface area contributed by atoms with Crippen molar-refractivity contribution in [2.75, 3.05) is 18.6 Å². The molecule has 0 spiro atoms. The minimum atomic E-state index is -0.562. The molecule has 1 aromatic carbocycles. The topological polar surface area (TPSA) is 55.6 Å². The van der Waals surface area contributed by atoms with Crippen molar-refractivity contribution in [1.82, 2.24) is 9.38 Å². The van der Waals surface area contributed by atoms with Gasteiger partial charge in [0, 0.05) is 16.2 Å². The predicted molar refractivity (Wildman–Crippen MR) is 120 cm³/mol. The Labute approximate surface area is 186 Å². The lowest BCUT2D eigenvalue weighted by atomic mass is 10.2. The second-order valence-corrected chi connectivity index (χ2v) is 8.72. The van der Waals surface area contributed by atoms with Crippen molar-refractivity contribution in [3.05, 3.63) is 68.6 Å². The van der Waals surface area contributed by atoms with E-state index < -0.39 is 6.67 Å². The molecule has 1 N–H and O–H groups in total. The van der Waals surface area contributed by atoms with Crippen molar-refractivity contribution in [3.63, 3.8) is 0 Å². The molecule has 0 saturated carbocycles. The number of alkyl halides is 1. The first-order valence-corrected chi connectivity index (χ1v) is 11.0. The van der Waals surface area contributed by atoms with Gasteiger partial charge in [0.15, 0.2) is 5.65 Å². The van der Waals surface area contributed by atoms with Crippen molar-refractivity contribution in [2.45, 2.75) is 0 Å². The van der Waals surface area contributed by atoms with E-state index in [-0.39, 0.29) is 12.5 Å². The molecule has 0 atom stereocenters. The van der Waals surface area contributed by atoms with E-state index in [1.807, 2.05) is 34.2 Å². The lowest BCUT2D eigenvalue weighted by molar-refractivity contribution is 0.102. The number of carbonyl (C=O) groups excluding carboxylic acids is 1. The smallest absolute Gasteiger partial charge is 0.256 e. The highest BCUT2D eigenvalue weighted by Gasteiger charge is 2.20. The number of nitrogens with zero attached hydrogens (tertiary/aromatic N) is 2. The van der Waals surface area contributed by atoms with E-state index in [2.05, 4.69) is 37.2 Å². The number of hydrogen-bond acceptors (Lipinski definition) is 4. The molecule has 3 heterocycles. The van der Waals surface area contributed by atoms with E-state index in [0.717, 1.165) is 13.8 Å². The monoisotopic (exact) mass is 537 g/mol. The number of ether oxygens (including phenoxy) is 1. The predicted octanol–water partition coefficient (Wildman–Crippen LogP) is 6.19. The van der Waals surface area contributed by atoms with Crippen LogP contribution in [-0.2, 0) is 0 Å². The van der Waals surface area contributed by atoms with Crippen LogP contribution in [0, 0.1) is 0 Å². The summed E-state index contributed by atoms with van der Waals surface area (Å²) in [6.45, 7) is -0.575. The van der Waals surface area contributed by atoms with Crippen LogP contribution in [-0.4, -0.2) is 28.6 Å². The molecule has 9 heteroatoms. The fourth-order valence-corrected chi connectivity index (χ4v) is 4.80. The number of anilines is 1. The van der Waals surface area contributed by atoms with Gasteiger partial charge in [-0.1, -0.05) is 6.07 Å². The Balaban J connectivity index is 1.71. The van der Waals surface area contributed by atoms with Crippen LogP contribution < -0.4 is 10.1 Å². The number of thiophene rings is 1. The minimum Gasteiger partial charge on any atom is -0.491 e. The maximum absolute atomic E-state index is 12.9. The molecule has 0 saturated heterocycles. The van der Waals surface area contributed by atoms with Crippen LogP contribution in [0.3, 0.4) is 0 Å². The lowest BCUT2D eigenvalue weighted by Gasteiger charge is -2.09. The molecule has 0 bridgehead atoms. The Morgan fingerprint density at radius 3 is 2.72 bits per heavy atom. The van der Waals surface area contributed by atoms with Crippen molar-refractivity contribution in [1.29, 1.82) is 0 Å². The van der Waals surface area contributed by atoms with Crippen molar-refractivity contribution < 1.29 is 13.9 Å². The molecule has 3 aromatic heterocycles. The standard InChI is InChI=1S/C20H14Br2FN3O2S/c21-13-10-15(22)18-24-17(16-2-1-9-29-16)19(26(18)11-13)25-20(27)12-3-5-14(6-4-12)28-8-7-23/h1-6,9-11H,7-8H2,(H,25,27). The molecule has 4 rings (SSSR count). The summed E-state index contributed by atoms with van der Waals surface area (Å²) in [4.78, 5) is 18.6. The van der Waals surface area contributed by atoms with Gasteiger partial charge < -0.3 is 10.1 Å². The first-order chi connectivity index (χ1) is 14.1. The Morgan fingerprint density at radius 2 is 2.03 bits per heavy atom. The minimum absolute atomic E-state index is 0.0126. The van der Waals surface area contributed by atoms with Gasteiger partial charge in [0.25, 0.3) is 5.91 Å². The molecule has 4 aromatic rings. The number of imidazole rings is 1. The van der Waals surface area contributed by atoms with E-state index >= 15 is 0 Å². The van der Waals surface area contributed by atoms with Crippen molar-refractivity contribution in [3.8, 4) is 16.3 Å². The number of carbonyl (C=O) groups is 1. The van der Waals surface area contributed by atoms with E-state index in [9.17, 15) is 9.18 Å². The molecular formula is C20H14Br2FN3O2S. The molecular weight excluding hydrogens is 525 g/mol. The molecule has 5 nitrogen and oxygen atoms in total. The maximum atomic E-state index is 12.9. The average Bonchev–Trinajstić information content (AvgIpc) is 3.35. The summed E-state index contributed by atoms with van der Waals surface area (Å²) in [6.07, 6.45) is 1.85. The molecule has 148 valence electrons. The number of rotatable bonds is 6. The number of pyridine rings is 1. The molecule has 0 fully saturated rings. The second-order valence-electron chi connectivity index (χ2n) is 6.00. The summed E-state index contributed by atoms with van der Waals surface area (Å²) >= 11 is 8.57. The Bertz CT molecular complexity index is 1160. The Kier molecular flexibility index (Phi) is 5.98. The van der Waals surface area contributed by atoms with Crippen LogP contribution in [0.5, 0.6) is 5.75 Å². The SMILES string of the molecule is O=C(Nc1c(-c2cccs2)nc2c(Br)cc(Br)cn12)c1ccc(OCCF)cc1. The van der Waals surface area contributed by atoms with Gasteiger partial charge in [0.1, 0.15) is 30.5 Å². The zero-order chi connectivity index (χ0) is 20.4. The van der Waals surface area contributed by atoms with Crippen LogP contribution in [0.4, 0.5) is 10.2 Å². The molecule has 29 heavy (non-hydrogen) atoms. The van der Waals surface area contributed by atoms with Gasteiger partial charge in [-0.2, -0.15) is 0 Å². The van der Waals surface area contributed by atoms with Gasteiger partial charge in [-0.15, -0.1) is 11.3 Å². The molecule has 1 amide bonds. The van der Waals surface area contributed by atoms with Gasteiger partial charge in [0.2, 0.25) is 0 Å².